The molecule has 5 heterocycles. The minimum Gasteiger partial charge on any atom is -0.355 e. The maximum Gasteiger partial charge on any atom is 0.194 e. The van der Waals surface area contributed by atoms with Crippen LogP contribution in [0.5, 0.6) is 0 Å². The molecule has 1 aliphatic heterocycles. The van der Waals surface area contributed by atoms with Crippen LogP contribution in [0.3, 0.4) is 0 Å². The average molecular weight is 488 g/mol. The Morgan fingerprint density at radius 1 is 1.12 bits per heavy atom. The van der Waals surface area contributed by atoms with Crippen molar-refractivity contribution in [3.05, 3.63) is 71.6 Å². The van der Waals surface area contributed by atoms with Crippen LogP contribution in [0, 0.1) is 0 Å². The summed E-state index contributed by atoms with van der Waals surface area (Å²) in [4.78, 5) is 30.6. The van der Waals surface area contributed by atoms with Gasteiger partial charge in [-0.3, -0.25) is 9.97 Å². The third-order valence-corrected chi connectivity index (χ3v) is 7.71. The molecule has 0 amide bonds. The third-order valence-electron chi connectivity index (χ3n) is 6.43. The quantitative estimate of drug-likeness (QED) is 0.352. The summed E-state index contributed by atoms with van der Waals surface area (Å²) in [6, 6.07) is 6.14. The van der Waals surface area contributed by atoms with Gasteiger partial charge in [0.15, 0.2) is 10.8 Å². The van der Waals surface area contributed by atoms with E-state index in [0.717, 1.165) is 64.9 Å². The molecule has 1 fully saturated rings. The molecule has 0 aromatic carbocycles. The van der Waals surface area contributed by atoms with Crippen LogP contribution in [-0.4, -0.2) is 43.0 Å². The van der Waals surface area contributed by atoms with Gasteiger partial charge in [0.1, 0.15) is 11.3 Å². The summed E-state index contributed by atoms with van der Waals surface area (Å²) in [5.74, 6) is 1.36. The van der Waals surface area contributed by atoms with E-state index in [9.17, 15) is 0 Å². The van der Waals surface area contributed by atoms with E-state index in [1.165, 1.54) is 22.9 Å². The minimum absolute atomic E-state index is 0.425. The highest BCUT2D eigenvalue weighted by atomic mass is 35.5. The first kappa shape index (κ1) is 21.4. The van der Waals surface area contributed by atoms with Crippen molar-refractivity contribution in [2.45, 2.75) is 42.2 Å². The van der Waals surface area contributed by atoms with Crippen LogP contribution < -0.4 is 4.90 Å². The Morgan fingerprint density at radius 2 is 2.03 bits per heavy atom. The Balaban J connectivity index is 1.36. The van der Waals surface area contributed by atoms with Crippen LogP contribution in [0.1, 0.15) is 42.5 Å². The first-order valence-electron chi connectivity index (χ1n) is 11.4. The van der Waals surface area contributed by atoms with Crippen molar-refractivity contribution in [1.29, 1.82) is 0 Å². The summed E-state index contributed by atoms with van der Waals surface area (Å²) in [6.07, 6.45) is 11.6. The minimum atomic E-state index is 0.425. The zero-order valence-electron chi connectivity index (χ0n) is 18.6. The van der Waals surface area contributed by atoms with Crippen molar-refractivity contribution in [2.24, 2.45) is 0 Å². The molecule has 2 aliphatic rings. The number of hydrogen-bond acceptors (Lipinski definition) is 8. The van der Waals surface area contributed by atoms with E-state index in [1.807, 2.05) is 24.5 Å². The first-order chi connectivity index (χ1) is 16.7. The predicted octanol–water partition coefficient (Wildman–Crippen LogP) is 5.27. The van der Waals surface area contributed by atoms with Crippen molar-refractivity contribution in [3.63, 3.8) is 0 Å². The van der Waals surface area contributed by atoms with Gasteiger partial charge in [0.25, 0.3) is 0 Å². The van der Waals surface area contributed by atoms with E-state index in [2.05, 4.69) is 37.8 Å². The van der Waals surface area contributed by atoms with Gasteiger partial charge < -0.3 is 4.90 Å². The van der Waals surface area contributed by atoms with Gasteiger partial charge in [-0.05, 0) is 47.9 Å². The number of aromatic nitrogens is 6. The number of halogens is 1. The van der Waals surface area contributed by atoms with Gasteiger partial charge in [0.05, 0.1) is 16.3 Å². The second-order valence-electron chi connectivity index (χ2n) is 8.49. The molecule has 1 unspecified atom stereocenters. The highest BCUT2D eigenvalue weighted by molar-refractivity contribution is 7.99. The van der Waals surface area contributed by atoms with Gasteiger partial charge in [0.2, 0.25) is 0 Å². The molecule has 7 nitrogen and oxygen atoms in total. The summed E-state index contributed by atoms with van der Waals surface area (Å²) in [5.41, 5.74) is 5.88. The van der Waals surface area contributed by atoms with Crippen LogP contribution in [0.2, 0.25) is 0 Å². The number of fused-ring (bicyclic) bond motifs is 2. The van der Waals surface area contributed by atoms with Crippen LogP contribution in [-0.2, 0) is 6.42 Å². The molecule has 0 N–H and O–H groups in total. The summed E-state index contributed by atoms with van der Waals surface area (Å²) < 4.78 is 0. The Morgan fingerprint density at radius 3 is 2.88 bits per heavy atom. The van der Waals surface area contributed by atoms with E-state index in [-0.39, 0.29) is 0 Å². The Labute approximate surface area is 206 Å². The predicted molar refractivity (Wildman–Crippen MR) is 134 cm³/mol. The molecule has 1 atom stereocenters. The lowest BCUT2D eigenvalue weighted by Crippen LogP contribution is -2.22. The average Bonchev–Trinajstić information content (AvgIpc) is 3.49. The summed E-state index contributed by atoms with van der Waals surface area (Å²) in [7, 11) is 0. The number of rotatable bonds is 5. The van der Waals surface area contributed by atoms with Gasteiger partial charge in [-0.2, -0.15) is 0 Å². The highest BCUT2D eigenvalue weighted by Crippen LogP contribution is 2.44. The molecule has 0 spiro atoms. The Bertz CT molecular complexity index is 1410. The fourth-order valence-electron chi connectivity index (χ4n) is 4.68. The summed E-state index contributed by atoms with van der Waals surface area (Å²) in [5, 5.41) is 1.52. The molecule has 4 aromatic heterocycles. The van der Waals surface area contributed by atoms with Crippen molar-refractivity contribution in [1.82, 2.24) is 29.9 Å². The second kappa shape index (κ2) is 8.92. The van der Waals surface area contributed by atoms with Crippen molar-refractivity contribution < 1.29 is 0 Å². The van der Waals surface area contributed by atoms with Gasteiger partial charge in [-0.1, -0.05) is 24.6 Å². The lowest BCUT2D eigenvalue weighted by atomic mass is 10.0. The van der Waals surface area contributed by atoms with Gasteiger partial charge in [-0.25, -0.2) is 19.9 Å². The Hall–Kier alpha value is -3.10. The number of pyridine rings is 2. The van der Waals surface area contributed by atoms with Crippen LogP contribution >= 0.6 is 23.4 Å². The normalized spacial score (nSPS) is 17.6. The van der Waals surface area contributed by atoms with E-state index in [4.69, 9.17) is 21.6 Å². The van der Waals surface area contributed by atoms with Crippen molar-refractivity contribution in [3.8, 4) is 0 Å². The summed E-state index contributed by atoms with van der Waals surface area (Å²) in [6.45, 7) is 3.95. The maximum atomic E-state index is 6.85. The maximum absolute atomic E-state index is 6.85. The monoisotopic (exact) mass is 487 g/mol. The van der Waals surface area contributed by atoms with Gasteiger partial charge in [-0.15, -0.1) is 0 Å². The molecular weight excluding hydrogens is 466 g/mol. The van der Waals surface area contributed by atoms with Crippen molar-refractivity contribution >= 4 is 45.4 Å². The molecule has 9 heteroatoms. The zero-order chi connectivity index (χ0) is 23.1. The van der Waals surface area contributed by atoms with Crippen LogP contribution in [0.15, 0.2) is 64.8 Å². The molecule has 6 rings (SSSR count). The number of anilines is 1. The first-order valence-corrected chi connectivity index (χ1v) is 12.6. The lowest BCUT2D eigenvalue weighted by molar-refractivity contribution is 0.767. The third kappa shape index (κ3) is 3.91. The SMILES string of the molecule is CCC1=C(Cl)c2c(nc(Sc3cnc4nccnc4c3)nc2N2CCC(c3cccnc3)C2)C1. The molecule has 1 saturated heterocycles. The molecule has 4 aromatic rings. The molecule has 1 aliphatic carbocycles. The zero-order valence-corrected chi connectivity index (χ0v) is 20.2. The van der Waals surface area contributed by atoms with E-state index >= 15 is 0 Å². The van der Waals surface area contributed by atoms with Gasteiger partial charge >= 0.3 is 0 Å². The molecular formula is C25H22ClN7S. The molecule has 0 radical (unpaired) electrons. The van der Waals surface area contributed by atoms with Crippen molar-refractivity contribution in [2.75, 3.05) is 18.0 Å². The Kier molecular flexibility index (Phi) is 5.63. The molecule has 0 saturated carbocycles. The lowest BCUT2D eigenvalue weighted by Gasteiger charge is -2.21. The number of nitrogens with zero attached hydrogens (tertiary/aromatic N) is 7. The number of hydrogen-bond donors (Lipinski definition) is 0. The molecule has 0 bridgehead atoms. The van der Waals surface area contributed by atoms with Crippen LogP contribution in [0.4, 0.5) is 5.82 Å². The second-order valence-corrected chi connectivity index (χ2v) is 9.91. The van der Waals surface area contributed by atoms with E-state index in [1.54, 1.807) is 18.6 Å². The van der Waals surface area contributed by atoms with Crippen LogP contribution in [0.25, 0.3) is 16.2 Å². The topological polar surface area (TPSA) is 80.6 Å². The molecule has 170 valence electrons. The highest BCUT2D eigenvalue weighted by Gasteiger charge is 2.32. The summed E-state index contributed by atoms with van der Waals surface area (Å²) >= 11 is 8.35. The van der Waals surface area contributed by atoms with E-state index < -0.39 is 0 Å². The van der Waals surface area contributed by atoms with Gasteiger partial charge in [0, 0.05) is 61.3 Å². The standard InChI is InChI=1S/C25H22ClN7S/c1-2-15-10-19-21(22(15)26)24(33-9-5-17(14-33)16-4-3-6-27-12-16)32-25(31-19)34-18-11-20-23(30-13-18)29-8-7-28-20/h3-4,6-8,11-13,17H,2,5,9-10,14H2,1H3. The smallest absolute Gasteiger partial charge is 0.194 e. The number of allylic oxidation sites excluding steroid dienone is 1. The largest absolute Gasteiger partial charge is 0.355 e. The molecule has 34 heavy (non-hydrogen) atoms. The fourth-order valence-corrected chi connectivity index (χ4v) is 5.85. The van der Waals surface area contributed by atoms with E-state index in [0.29, 0.717) is 16.7 Å². The fraction of sp³-hybridized carbons (Fsp3) is 0.280.